The minimum atomic E-state index is -0.648. The smallest absolute Gasteiger partial charge is 0.319 e. The van der Waals surface area contributed by atoms with E-state index in [1.54, 1.807) is 4.90 Å². The maximum Gasteiger partial charge on any atom is 0.319 e. The summed E-state index contributed by atoms with van der Waals surface area (Å²) < 4.78 is 0. The first-order valence-corrected chi connectivity index (χ1v) is 7.00. The summed E-state index contributed by atoms with van der Waals surface area (Å²) >= 11 is 5.75. The fourth-order valence-corrected chi connectivity index (χ4v) is 2.73. The van der Waals surface area contributed by atoms with Crippen LogP contribution in [0.3, 0.4) is 0 Å². The highest BCUT2D eigenvalue weighted by Gasteiger charge is 2.30. The molecule has 0 spiro atoms. The monoisotopic (exact) mass is 297 g/mol. The quantitative estimate of drug-likeness (QED) is 0.477. The van der Waals surface area contributed by atoms with Crippen LogP contribution in [0.5, 0.6) is 0 Å². The van der Waals surface area contributed by atoms with Crippen LogP contribution >= 0.6 is 11.6 Å². The third kappa shape index (κ3) is 2.90. The van der Waals surface area contributed by atoms with E-state index in [2.05, 4.69) is 4.98 Å². The van der Waals surface area contributed by atoms with Gasteiger partial charge >= 0.3 is 5.69 Å². The third-order valence-electron chi connectivity index (χ3n) is 3.61. The zero-order valence-corrected chi connectivity index (χ0v) is 12.0. The van der Waals surface area contributed by atoms with E-state index in [0.717, 1.165) is 25.7 Å². The normalized spacial score (nSPS) is 19.5. The molecule has 108 valence electrons. The number of carbonyl (C=O) groups excluding carboxylic acids is 1. The third-order valence-corrected chi connectivity index (χ3v) is 3.88. The molecule has 2 heterocycles. The Kier molecular flexibility index (Phi) is 4.54. The van der Waals surface area contributed by atoms with Crippen molar-refractivity contribution in [2.45, 2.75) is 38.6 Å². The molecule has 1 fully saturated rings. The number of likely N-dealkylation sites (tertiary alicyclic amines) is 1. The average Bonchev–Trinajstić information content (AvgIpc) is 2.62. The van der Waals surface area contributed by atoms with E-state index in [0.29, 0.717) is 6.54 Å². The van der Waals surface area contributed by atoms with Crippen LogP contribution in [0.2, 0.25) is 5.15 Å². The first-order valence-electron chi connectivity index (χ1n) is 6.62. The van der Waals surface area contributed by atoms with Gasteiger partial charge in [-0.1, -0.05) is 24.4 Å². The molecule has 2 rings (SSSR count). The first-order chi connectivity index (χ1) is 9.52. The Morgan fingerprint density at radius 3 is 2.95 bits per heavy atom. The number of nitro groups is 1. The molecule has 20 heavy (non-hydrogen) atoms. The molecule has 1 aliphatic heterocycles. The van der Waals surface area contributed by atoms with Gasteiger partial charge in [0.2, 0.25) is 5.15 Å². The Balaban J connectivity index is 2.37. The lowest BCUT2D eigenvalue weighted by Gasteiger charge is -2.27. The molecule has 1 aromatic rings. The molecule has 6 nitrogen and oxygen atoms in total. The van der Waals surface area contributed by atoms with Crippen molar-refractivity contribution in [2.75, 3.05) is 6.54 Å². The van der Waals surface area contributed by atoms with Crippen LogP contribution in [-0.2, 0) is 0 Å². The number of nitrogens with zero attached hydrogens (tertiary/aromatic N) is 3. The molecule has 0 N–H and O–H groups in total. The van der Waals surface area contributed by atoms with Crippen LogP contribution in [0.1, 0.15) is 43.0 Å². The van der Waals surface area contributed by atoms with Gasteiger partial charge in [-0.3, -0.25) is 14.9 Å². The number of amides is 1. The van der Waals surface area contributed by atoms with Crippen LogP contribution in [0.25, 0.3) is 0 Å². The molecular formula is C13H16ClN3O3. The predicted molar refractivity (Wildman–Crippen MR) is 74.9 cm³/mol. The highest BCUT2D eigenvalue weighted by atomic mass is 35.5. The number of halogens is 1. The fraction of sp³-hybridized carbons (Fsp3) is 0.538. The van der Waals surface area contributed by atoms with Crippen molar-refractivity contribution in [3.8, 4) is 0 Å². The molecule has 0 radical (unpaired) electrons. The molecule has 1 atom stereocenters. The summed E-state index contributed by atoms with van der Waals surface area (Å²) in [6.07, 6.45) is 5.31. The van der Waals surface area contributed by atoms with Gasteiger partial charge in [0.15, 0.2) is 0 Å². The van der Waals surface area contributed by atoms with E-state index < -0.39 is 10.6 Å². The molecule has 0 bridgehead atoms. The minimum Gasteiger partial charge on any atom is -0.336 e. The Hall–Kier alpha value is -1.69. The summed E-state index contributed by atoms with van der Waals surface area (Å²) in [7, 11) is 0. The van der Waals surface area contributed by atoms with E-state index in [9.17, 15) is 14.9 Å². The van der Waals surface area contributed by atoms with E-state index in [1.165, 1.54) is 12.3 Å². The summed E-state index contributed by atoms with van der Waals surface area (Å²) in [5, 5.41) is 10.8. The van der Waals surface area contributed by atoms with Gasteiger partial charge in [0.25, 0.3) is 5.91 Å². The second-order valence-electron chi connectivity index (χ2n) is 4.95. The van der Waals surface area contributed by atoms with E-state index in [1.807, 2.05) is 6.92 Å². The second-order valence-corrected chi connectivity index (χ2v) is 5.31. The standard InChI is InChI=1S/C13H16ClN3O3/c1-9-5-3-2-4-8-16(9)13(18)10-6-7-15-12(14)11(10)17(19)20/h6-7,9H,2-5,8H2,1H3. The molecular weight excluding hydrogens is 282 g/mol. The van der Waals surface area contributed by atoms with Crippen molar-refractivity contribution in [1.82, 2.24) is 9.88 Å². The topological polar surface area (TPSA) is 76.3 Å². The van der Waals surface area contributed by atoms with Gasteiger partial charge in [-0.05, 0) is 25.8 Å². The Morgan fingerprint density at radius 2 is 2.25 bits per heavy atom. The summed E-state index contributed by atoms with van der Waals surface area (Å²) in [4.78, 5) is 28.4. The van der Waals surface area contributed by atoms with Crippen LogP contribution in [0, 0.1) is 10.1 Å². The summed E-state index contributed by atoms with van der Waals surface area (Å²) in [6, 6.07) is 1.45. The van der Waals surface area contributed by atoms with Gasteiger partial charge in [0.1, 0.15) is 5.56 Å². The second kappa shape index (κ2) is 6.17. The number of rotatable bonds is 2. The molecule has 1 aromatic heterocycles. The fourth-order valence-electron chi connectivity index (χ4n) is 2.51. The molecule has 1 saturated heterocycles. The number of hydrogen-bond acceptors (Lipinski definition) is 4. The van der Waals surface area contributed by atoms with Gasteiger partial charge in [-0.15, -0.1) is 0 Å². The lowest BCUT2D eigenvalue weighted by Crippen LogP contribution is -2.38. The van der Waals surface area contributed by atoms with Crippen LogP contribution in [-0.4, -0.2) is 33.3 Å². The minimum absolute atomic E-state index is 0.0174. The Bertz CT molecular complexity index is 536. The number of carbonyl (C=O) groups is 1. The number of aromatic nitrogens is 1. The van der Waals surface area contributed by atoms with Crippen molar-refractivity contribution in [3.63, 3.8) is 0 Å². The highest BCUT2D eigenvalue weighted by Crippen LogP contribution is 2.28. The molecule has 0 aromatic carbocycles. The number of hydrogen-bond donors (Lipinski definition) is 0. The van der Waals surface area contributed by atoms with Gasteiger partial charge in [-0.25, -0.2) is 4.98 Å². The van der Waals surface area contributed by atoms with E-state index in [4.69, 9.17) is 11.6 Å². The zero-order chi connectivity index (χ0) is 14.7. The van der Waals surface area contributed by atoms with E-state index in [-0.39, 0.29) is 22.7 Å². The van der Waals surface area contributed by atoms with Crippen molar-refractivity contribution in [1.29, 1.82) is 0 Å². The van der Waals surface area contributed by atoms with Crippen molar-refractivity contribution in [2.24, 2.45) is 0 Å². The lowest BCUT2D eigenvalue weighted by molar-refractivity contribution is -0.385. The van der Waals surface area contributed by atoms with Crippen LogP contribution in [0.15, 0.2) is 12.3 Å². The summed E-state index contributed by atoms with van der Waals surface area (Å²) in [5.74, 6) is -0.338. The summed E-state index contributed by atoms with van der Waals surface area (Å²) in [5.41, 5.74) is -0.389. The van der Waals surface area contributed by atoms with Crippen LogP contribution in [0.4, 0.5) is 5.69 Å². The molecule has 0 aliphatic carbocycles. The Labute approximate surface area is 121 Å². The molecule has 1 aliphatic rings. The van der Waals surface area contributed by atoms with Crippen molar-refractivity contribution in [3.05, 3.63) is 33.1 Å². The van der Waals surface area contributed by atoms with Gasteiger partial charge in [-0.2, -0.15) is 0 Å². The maximum atomic E-state index is 12.6. The Morgan fingerprint density at radius 1 is 1.50 bits per heavy atom. The maximum absolute atomic E-state index is 12.6. The van der Waals surface area contributed by atoms with E-state index >= 15 is 0 Å². The van der Waals surface area contributed by atoms with Crippen LogP contribution < -0.4 is 0 Å². The predicted octanol–water partition coefficient (Wildman–Crippen LogP) is 3.05. The average molecular weight is 298 g/mol. The van der Waals surface area contributed by atoms with Crippen molar-refractivity contribution >= 4 is 23.2 Å². The number of pyridine rings is 1. The largest absolute Gasteiger partial charge is 0.336 e. The molecule has 1 unspecified atom stereocenters. The van der Waals surface area contributed by atoms with Gasteiger partial charge < -0.3 is 4.90 Å². The van der Waals surface area contributed by atoms with Gasteiger partial charge in [0.05, 0.1) is 4.92 Å². The molecule has 7 heteroatoms. The lowest BCUT2D eigenvalue weighted by atomic mass is 10.1. The highest BCUT2D eigenvalue weighted by molar-refractivity contribution is 6.32. The molecule has 0 saturated carbocycles. The van der Waals surface area contributed by atoms with Gasteiger partial charge in [0, 0.05) is 18.8 Å². The van der Waals surface area contributed by atoms with Crippen molar-refractivity contribution < 1.29 is 9.72 Å². The summed E-state index contributed by atoms with van der Waals surface area (Å²) in [6.45, 7) is 2.59. The zero-order valence-electron chi connectivity index (χ0n) is 11.2. The molecule has 1 amide bonds. The SMILES string of the molecule is CC1CCCCCN1C(=O)c1ccnc(Cl)c1[N+](=O)[O-]. The first kappa shape index (κ1) is 14.7.